The van der Waals surface area contributed by atoms with Gasteiger partial charge in [0.25, 0.3) is 0 Å². The molecule has 25 heavy (non-hydrogen) atoms. The molecule has 0 aromatic heterocycles. The van der Waals surface area contributed by atoms with Crippen LogP contribution < -0.4 is 11.1 Å². The number of hydrogen-bond acceptors (Lipinski definition) is 2. The summed E-state index contributed by atoms with van der Waals surface area (Å²) >= 11 is 0. The fraction of sp³-hybridized carbons (Fsp3) is 0.133. The molecule has 0 atom stereocenters. The van der Waals surface area contributed by atoms with Crippen LogP contribution >= 0.6 is 0 Å². The van der Waals surface area contributed by atoms with Crippen LogP contribution in [0.5, 0.6) is 5.75 Å². The van der Waals surface area contributed by atoms with Crippen molar-refractivity contribution in [2.75, 3.05) is 5.32 Å². The third-order valence-electron chi connectivity index (χ3n) is 3.22. The molecule has 0 heterocycles. The zero-order valence-corrected chi connectivity index (χ0v) is 12.2. The number of urea groups is 1. The molecule has 0 aliphatic rings. The zero-order valence-electron chi connectivity index (χ0n) is 12.2. The summed E-state index contributed by atoms with van der Waals surface area (Å²) in [6.07, 6.45) is -9.79. The van der Waals surface area contributed by atoms with Crippen molar-refractivity contribution in [1.29, 1.82) is 0 Å². The predicted octanol–water partition coefficient (Wildman–Crippen LogP) is 4.59. The number of hydrogen-bond donors (Lipinski definition) is 3. The Morgan fingerprint density at radius 2 is 1.64 bits per heavy atom. The van der Waals surface area contributed by atoms with Gasteiger partial charge >= 0.3 is 18.4 Å². The number of carbonyl (C=O) groups is 1. The van der Waals surface area contributed by atoms with Crippen molar-refractivity contribution in [1.82, 2.24) is 0 Å². The number of nitrogens with one attached hydrogen (secondary N) is 1. The third kappa shape index (κ3) is 3.95. The lowest BCUT2D eigenvalue weighted by Gasteiger charge is -2.19. The minimum Gasteiger partial charge on any atom is -0.507 e. The van der Waals surface area contributed by atoms with Gasteiger partial charge in [0, 0.05) is 11.1 Å². The largest absolute Gasteiger partial charge is 0.507 e. The number of carbonyl (C=O) groups excluding carboxylic acids is 1. The standard InChI is InChI=1S/C15H10F6N2O2/c16-14(17,18)7-4-5-11(24)8(6-7)12-9(15(19,20)21)2-1-3-10(12)23-13(22)25/h1-6,24H,(H3,22,23,25). The molecule has 134 valence electrons. The number of alkyl halides is 6. The van der Waals surface area contributed by atoms with Crippen molar-refractivity contribution in [3.05, 3.63) is 47.5 Å². The van der Waals surface area contributed by atoms with Crippen LogP contribution in [0.15, 0.2) is 36.4 Å². The van der Waals surface area contributed by atoms with Crippen molar-refractivity contribution in [3.63, 3.8) is 0 Å². The Morgan fingerprint density at radius 1 is 1.00 bits per heavy atom. The van der Waals surface area contributed by atoms with Gasteiger partial charge in [-0.3, -0.25) is 0 Å². The molecule has 2 aromatic carbocycles. The van der Waals surface area contributed by atoms with Crippen molar-refractivity contribution in [3.8, 4) is 16.9 Å². The number of halogens is 6. The van der Waals surface area contributed by atoms with E-state index in [0.29, 0.717) is 24.3 Å². The molecule has 0 bridgehead atoms. The van der Waals surface area contributed by atoms with E-state index in [1.165, 1.54) is 0 Å². The Kier molecular flexibility index (Phi) is 4.56. The molecule has 2 rings (SSSR count). The average molecular weight is 364 g/mol. The summed E-state index contributed by atoms with van der Waals surface area (Å²) in [6, 6.07) is 2.88. The van der Waals surface area contributed by atoms with Gasteiger partial charge in [-0.25, -0.2) is 4.79 Å². The van der Waals surface area contributed by atoms with E-state index in [9.17, 15) is 36.2 Å². The molecule has 0 saturated heterocycles. The van der Waals surface area contributed by atoms with Gasteiger partial charge in [-0.2, -0.15) is 26.3 Å². The molecule has 0 saturated carbocycles. The summed E-state index contributed by atoms with van der Waals surface area (Å²) in [5.74, 6) is -0.822. The second-order valence-corrected chi connectivity index (χ2v) is 4.94. The fourth-order valence-corrected chi connectivity index (χ4v) is 2.23. The Hall–Kier alpha value is -2.91. The number of primary amides is 1. The molecule has 0 fully saturated rings. The fourth-order valence-electron chi connectivity index (χ4n) is 2.23. The number of phenolic OH excluding ortho intramolecular Hbond substituents is 1. The first kappa shape index (κ1) is 18.4. The van der Waals surface area contributed by atoms with Crippen molar-refractivity contribution < 1.29 is 36.2 Å². The normalized spacial score (nSPS) is 12.1. The minimum absolute atomic E-state index is 0.367. The monoisotopic (exact) mass is 364 g/mol. The molecule has 10 heteroatoms. The molecule has 0 unspecified atom stereocenters. The molecule has 0 aliphatic heterocycles. The number of benzene rings is 2. The highest BCUT2D eigenvalue weighted by molar-refractivity contribution is 5.95. The second kappa shape index (κ2) is 6.19. The second-order valence-electron chi connectivity index (χ2n) is 4.94. The van der Waals surface area contributed by atoms with Crippen LogP contribution in [0, 0.1) is 0 Å². The van der Waals surface area contributed by atoms with Gasteiger partial charge in [-0.15, -0.1) is 0 Å². The lowest BCUT2D eigenvalue weighted by molar-refractivity contribution is -0.137. The van der Waals surface area contributed by atoms with E-state index in [1.54, 1.807) is 0 Å². The van der Waals surface area contributed by atoms with E-state index >= 15 is 0 Å². The number of anilines is 1. The summed E-state index contributed by atoms with van der Waals surface area (Å²) in [5.41, 5.74) is 0.238. The van der Waals surface area contributed by atoms with Crippen LogP contribution in [0.25, 0.3) is 11.1 Å². The van der Waals surface area contributed by atoms with Gasteiger partial charge in [0.05, 0.1) is 16.8 Å². The van der Waals surface area contributed by atoms with Gasteiger partial charge in [0.15, 0.2) is 0 Å². The maximum Gasteiger partial charge on any atom is 0.417 e. The molecular formula is C15H10F6N2O2. The highest BCUT2D eigenvalue weighted by Crippen LogP contribution is 2.45. The highest BCUT2D eigenvalue weighted by atomic mass is 19.4. The van der Waals surface area contributed by atoms with Crippen LogP contribution in [0.4, 0.5) is 36.8 Å². The lowest BCUT2D eigenvalue weighted by Crippen LogP contribution is -2.21. The molecule has 0 spiro atoms. The number of nitrogens with two attached hydrogens (primary N) is 1. The van der Waals surface area contributed by atoms with Crippen LogP contribution in [0.3, 0.4) is 0 Å². The summed E-state index contributed by atoms with van der Waals surface area (Å²) in [6.45, 7) is 0. The van der Waals surface area contributed by atoms with Gasteiger partial charge < -0.3 is 16.2 Å². The lowest BCUT2D eigenvalue weighted by atomic mass is 9.94. The first-order valence-corrected chi connectivity index (χ1v) is 6.58. The summed E-state index contributed by atoms with van der Waals surface area (Å²) in [5, 5.41) is 11.7. The SMILES string of the molecule is NC(=O)Nc1cccc(C(F)(F)F)c1-c1cc(C(F)(F)F)ccc1O. The average Bonchev–Trinajstić information content (AvgIpc) is 2.45. The van der Waals surface area contributed by atoms with E-state index in [4.69, 9.17) is 5.73 Å². The predicted molar refractivity (Wildman–Crippen MR) is 76.8 cm³/mol. The van der Waals surface area contributed by atoms with E-state index in [-0.39, 0.29) is 0 Å². The Labute approximate surface area is 136 Å². The first-order valence-electron chi connectivity index (χ1n) is 6.58. The minimum atomic E-state index is -4.95. The Balaban J connectivity index is 2.83. The molecule has 2 amide bonds. The Bertz CT molecular complexity index is 815. The first-order chi connectivity index (χ1) is 11.4. The summed E-state index contributed by atoms with van der Waals surface area (Å²) in [4.78, 5) is 11.0. The summed E-state index contributed by atoms with van der Waals surface area (Å²) < 4.78 is 78.4. The third-order valence-corrected chi connectivity index (χ3v) is 3.22. The summed E-state index contributed by atoms with van der Waals surface area (Å²) in [7, 11) is 0. The van der Waals surface area contributed by atoms with Gasteiger partial charge in [-0.1, -0.05) is 6.07 Å². The molecule has 0 radical (unpaired) electrons. The van der Waals surface area contributed by atoms with Crippen LogP contribution in [-0.4, -0.2) is 11.1 Å². The van der Waals surface area contributed by atoms with E-state index in [0.717, 1.165) is 12.1 Å². The van der Waals surface area contributed by atoms with Gasteiger partial charge in [-0.05, 0) is 30.3 Å². The maximum atomic E-state index is 13.3. The van der Waals surface area contributed by atoms with Crippen LogP contribution in [-0.2, 0) is 12.4 Å². The molecule has 4 nitrogen and oxygen atoms in total. The van der Waals surface area contributed by atoms with E-state index < -0.39 is 52.1 Å². The van der Waals surface area contributed by atoms with Gasteiger partial charge in [0.2, 0.25) is 0 Å². The highest BCUT2D eigenvalue weighted by Gasteiger charge is 2.37. The number of rotatable bonds is 2. The van der Waals surface area contributed by atoms with Crippen molar-refractivity contribution in [2.24, 2.45) is 5.73 Å². The van der Waals surface area contributed by atoms with E-state index in [1.807, 2.05) is 5.32 Å². The zero-order chi connectivity index (χ0) is 19.0. The quantitative estimate of drug-likeness (QED) is 0.682. The molecule has 0 aliphatic carbocycles. The maximum absolute atomic E-state index is 13.3. The van der Waals surface area contributed by atoms with Crippen LogP contribution in [0.2, 0.25) is 0 Å². The smallest absolute Gasteiger partial charge is 0.417 e. The number of aromatic hydroxyl groups is 1. The van der Waals surface area contributed by atoms with Crippen molar-refractivity contribution in [2.45, 2.75) is 12.4 Å². The van der Waals surface area contributed by atoms with Crippen molar-refractivity contribution >= 4 is 11.7 Å². The molecular weight excluding hydrogens is 354 g/mol. The molecule has 4 N–H and O–H groups in total. The number of phenols is 1. The number of amides is 2. The topological polar surface area (TPSA) is 75.4 Å². The molecule has 2 aromatic rings. The van der Waals surface area contributed by atoms with Gasteiger partial charge in [0.1, 0.15) is 5.75 Å². The van der Waals surface area contributed by atoms with E-state index in [2.05, 4.69) is 0 Å². The Morgan fingerprint density at radius 3 is 2.16 bits per heavy atom. The van der Waals surface area contributed by atoms with Crippen LogP contribution in [0.1, 0.15) is 11.1 Å².